The molecule has 0 fully saturated rings. The summed E-state index contributed by atoms with van der Waals surface area (Å²) in [5.41, 5.74) is 0.859. The fourth-order valence-corrected chi connectivity index (χ4v) is 1.64. The van der Waals surface area contributed by atoms with Gasteiger partial charge in [-0.2, -0.15) is 4.80 Å². The predicted octanol–water partition coefficient (Wildman–Crippen LogP) is 1.19. The van der Waals surface area contributed by atoms with Crippen molar-refractivity contribution in [3.05, 3.63) is 28.8 Å². The first-order valence-corrected chi connectivity index (χ1v) is 5.85. The third kappa shape index (κ3) is 3.65. The predicted molar refractivity (Wildman–Crippen MR) is 69.1 cm³/mol. The zero-order chi connectivity index (χ0) is 13.8. The molecule has 0 atom stereocenters. The van der Waals surface area contributed by atoms with E-state index in [1.54, 1.807) is 25.2 Å². The van der Waals surface area contributed by atoms with Crippen molar-refractivity contribution in [2.24, 2.45) is 7.05 Å². The van der Waals surface area contributed by atoms with Gasteiger partial charge in [-0.25, -0.2) is 0 Å². The van der Waals surface area contributed by atoms with Crippen molar-refractivity contribution in [3.8, 4) is 5.75 Å². The van der Waals surface area contributed by atoms with E-state index in [9.17, 15) is 4.79 Å². The van der Waals surface area contributed by atoms with Crippen LogP contribution >= 0.6 is 11.6 Å². The molecule has 19 heavy (non-hydrogen) atoms. The van der Waals surface area contributed by atoms with Gasteiger partial charge in [0.15, 0.2) is 6.61 Å². The van der Waals surface area contributed by atoms with Crippen LogP contribution in [0, 0.1) is 6.92 Å². The highest BCUT2D eigenvalue weighted by Crippen LogP contribution is 2.21. The van der Waals surface area contributed by atoms with Crippen molar-refractivity contribution >= 4 is 23.5 Å². The number of nitrogens with one attached hydrogen (secondary N) is 1. The van der Waals surface area contributed by atoms with E-state index in [4.69, 9.17) is 16.3 Å². The Morgan fingerprint density at radius 3 is 2.95 bits per heavy atom. The molecule has 0 spiro atoms. The van der Waals surface area contributed by atoms with E-state index in [2.05, 4.69) is 20.7 Å². The quantitative estimate of drug-likeness (QED) is 0.910. The van der Waals surface area contributed by atoms with Gasteiger partial charge in [0.1, 0.15) is 5.75 Å². The van der Waals surface area contributed by atoms with Gasteiger partial charge in [0.25, 0.3) is 11.9 Å². The molecule has 0 saturated carbocycles. The maximum Gasteiger partial charge on any atom is 0.270 e. The van der Waals surface area contributed by atoms with Gasteiger partial charge >= 0.3 is 0 Å². The lowest BCUT2D eigenvalue weighted by Gasteiger charge is -2.08. The third-order valence-corrected chi connectivity index (χ3v) is 2.49. The summed E-state index contributed by atoms with van der Waals surface area (Å²) < 4.78 is 5.38. The monoisotopic (exact) mass is 281 g/mol. The second-order valence-electron chi connectivity index (χ2n) is 3.85. The second kappa shape index (κ2) is 5.66. The molecule has 1 aromatic carbocycles. The first kappa shape index (κ1) is 13.3. The van der Waals surface area contributed by atoms with E-state index in [-0.39, 0.29) is 18.5 Å². The molecule has 0 aliphatic rings. The number of carbonyl (C=O) groups excluding carboxylic acids is 1. The SMILES string of the molecule is Cc1cc(Cl)ccc1OCC(=O)Nc1nnn(C)n1. The molecule has 1 amide bonds. The lowest BCUT2D eigenvalue weighted by molar-refractivity contribution is -0.118. The Morgan fingerprint density at radius 2 is 2.32 bits per heavy atom. The van der Waals surface area contributed by atoms with E-state index in [1.807, 2.05) is 6.92 Å². The van der Waals surface area contributed by atoms with Gasteiger partial charge < -0.3 is 4.74 Å². The molecule has 2 aromatic rings. The van der Waals surface area contributed by atoms with Crippen LogP contribution in [0.3, 0.4) is 0 Å². The molecule has 100 valence electrons. The van der Waals surface area contributed by atoms with Crippen molar-refractivity contribution in [2.45, 2.75) is 6.92 Å². The van der Waals surface area contributed by atoms with Crippen molar-refractivity contribution in [1.29, 1.82) is 0 Å². The summed E-state index contributed by atoms with van der Waals surface area (Å²) in [6, 6.07) is 5.18. The van der Waals surface area contributed by atoms with Crippen LogP contribution in [0.25, 0.3) is 0 Å². The Bertz CT molecular complexity index is 599. The number of nitrogens with zero attached hydrogens (tertiary/aromatic N) is 4. The molecule has 0 aliphatic carbocycles. The molecule has 0 aliphatic heterocycles. The molecule has 1 heterocycles. The summed E-state index contributed by atoms with van der Waals surface area (Å²) in [4.78, 5) is 12.8. The van der Waals surface area contributed by atoms with E-state index >= 15 is 0 Å². The number of amides is 1. The molecule has 0 unspecified atom stereocenters. The van der Waals surface area contributed by atoms with Crippen LogP contribution in [-0.4, -0.2) is 32.7 Å². The van der Waals surface area contributed by atoms with Gasteiger partial charge in [0, 0.05) is 5.02 Å². The average molecular weight is 282 g/mol. The first-order valence-electron chi connectivity index (χ1n) is 5.47. The van der Waals surface area contributed by atoms with Crippen LogP contribution in [0.2, 0.25) is 5.02 Å². The van der Waals surface area contributed by atoms with E-state index in [0.717, 1.165) is 5.56 Å². The number of tetrazole rings is 1. The molecular weight excluding hydrogens is 270 g/mol. The zero-order valence-corrected chi connectivity index (χ0v) is 11.2. The summed E-state index contributed by atoms with van der Waals surface area (Å²) in [6.45, 7) is 1.71. The Morgan fingerprint density at radius 1 is 1.53 bits per heavy atom. The normalized spacial score (nSPS) is 10.3. The Hall–Kier alpha value is -2.15. The number of ether oxygens (including phenoxy) is 1. The Labute approximate surface area is 114 Å². The number of carbonyl (C=O) groups is 1. The molecule has 7 nitrogen and oxygen atoms in total. The number of anilines is 1. The Balaban J connectivity index is 1.89. The van der Waals surface area contributed by atoms with Gasteiger partial charge in [0.2, 0.25) is 0 Å². The highest BCUT2D eigenvalue weighted by Gasteiger charge is 2.08. The third-order valence-electron chi connectivity index (χ3n) is 2.26. The lowest BCUT2D eigenvalue weighted by Crippen LogP contribution is -2.21. The number of rotatable bonds is 4. The zero-order valence-electron chi connectivity index (χ0n) is 10.4. The van der Waals surface area contributed by atoms with Crippen molar-refractivity contribution in [3.63, 3.8) is 0 Å². The summed E-state index contributed by atoms with van der Waals surface area (Å²) in [6.07, 6.45) is 0. The number of hydrogen-bond donors (Lipinski definition) is 1. The van der Waals surface area contributed by atoms with Crippen LogP contribution in [-0.2, 0) is 11.8 Å². The van der Waals surface area contributed by atoms with Crippen molar-refractivity contribution < 1.29 is 9.53 Å². The summed E-state index contributed by atoms with van der Waals surface area (Å²) >= 11 is 5.83. The number of aromatic nitrogens is 4. The van der Waals surface area contributed by atoms with Crippen molar-refractivity contribution in [1.82, 2.24) is 20.2 Å². The molecule has 0 saturated heterocycles. The van der Waals surface area contributed by atoms with Crippen LogP contribution in [0.1, 0.15) is 5.56 Å². The summed E-state index contributed by atoms with van der Waals surface area (Å²) in [5, 5.41) is 14.1. The van der Waals surface area contributed by atoms with Crippen LogP contribution in [0.15, 0.2) is 18.2 Å². The molecule has 1 N–H and O–H groups in total. The number of halogens is 1. The lowest BCUT2D eigenvalue weighted by atomic mass is 10.2. The topological polar surface area (TPSA) is 81.9 Å². The van der Waals surface area contributed by atoms with Gasteiger partial charge in [0.05, 0.1) is 7.05 Å². The molecule has 8 heteroatoms. The number of aryl methyl sites for hydroxylation is 2. The maximum atomic E-state index is 11.6. The van der Waals surface area contributed by atoms with E-state index in [0.29, 0.717) is 10.8 Å². The minimum Gasteiger partial charge on any atom is -0.483 e. The van der Waals surface area contributed by atoms with Crippen LogP contribution in [0.4, 0.5) is 5.95 Å². The fraction of sp³-hybridized carbons (Fsp3) is 0.273. The van der Waals surface area contributed by atoms with E-state index < -0.39 is 0 Å². The van der Waals surface area contributed by atoms with Crippen LogP contribution < -0.4 is 10.1 Å². The van der Waals surface area contributed by atoms with Crippen LogP contribution in [0.5, 0.6) is 5.75 Å². The fourth-order valence-electron chi connectivity index (χ4n) is 1.41. The minimum absolute atomic E-state index is 0.138. The second-order valence-corrected chi connectivity index (χ2v) is 4.29. The standard InChI is InChI=1S/C11H12ClN5O2/c1-7-5-8(12)3-4-9(7)19-6-10(18)13-11-14-16-17(2)15-11/h3-5H,6H2,1-2H3,(H,13,15,18). The molecule has 1 aromatic heterocycles. The first-order chi connectivity index (χ1) is 9.04. The minimum atomic E-state index is -0.359. The Kier molecular flexibility index (Phi) is 3.96. The highest BCUT2D eigenvalue weighted by atomic mass is 35.5. The largest absolute Gasteiger partial charge is 0.483 e. The molecule has 2 rings (SSSR count). The molecular formula is C11H12ClN5O2. The molecule has 0 radical (unpaired) electrons. The summed E-state index contributed by atoms with van der Waals surface area (Å²) in [5.74, 6) is 0.387. The van der Waals surface area contributed by atoms with Gasteiger partial charge in [-0.15, -0.1) is 5.10 Å². The maximum absolute atomic E-state index is 11.6. The highest BCUT2D eigenvalue weighted by molar-refractivity contribution is 6.30. The van der Waals surface area contributed by atoms with Gasteiger partial charge in [-0.05, 0) is 35.9 Å². The number of benzene rings is 1. The summed E-state index contributed by atoms with van der Waals surface area (Å²) in [7, 11) is 1.61. The smallest absolute Gasteiger partial charge is 0.270 e. The van der Waals surface area contributed by atoms with Crippen molar-refractivity contribution in [2.75, 3.05) is 11.9 Å². The van der Waals surface area contributed by atoms with Gasteiger partial charge in [-0.1, -0.05) is 16.7 Å². The average Bonchev–Trinajstić information content (AvgIpc) is 2.73. The molecule has 0 bridgehead atoms. The van der Waals surface area contributed by atoms with Gasteiger partial charge in [-0.3, -0.25) is 10.1 Å². The van der Waals surface area contributed by atoms with E-state index in [1.165, 1.54) is 4.80 Å². The number of hydrogen-bond acceptors (Lipinski definition) is 5.